The summed E-state index contributed by atoms with van der Waals surface area (Å²) in [5, 5.41) is 20.5. The van der Waals surface area contributed by atoms with Crippen molar-refractivity contribution in [3.05, 3.63) is 164 Å². The average molecular weight is 1060 g/mol. The Labute approximate surface area is 388 Å². The molecule has 2 unspecified atom stereocenters. The third-order valence-electron chi connectivity index (χ3n) is 8.12. The number of para-hydroxylation sites is 4. The number of carboxylic acid groups (broad SMARTS) is 1. The molecule has 10 nitrogen and oxygen atoms in total. The number of methoxy groups -OCH3 is 1. The minimum Gasteiger partial charge on any atom is -0.507 e. The molecule has 2 atom stereocenters. The highest BCUT2D eigenvalue weighted by Crippen LogP contribution is 2.37. The zero-order valence-electron chi connectivity index (χ0n) is 30.0. The number of halogens is 5. The number of esters is 1. The molecule has 0 aliphatic rings. The molecule has 0 aliphatic heterocycles. The fraction of sp³-hybridized carbons (Fsp3) is 0.130. The molecule has 318 valence electrons. The van der Waals surface area contributed by atoms with Crippen molar-refractivity contribution in [2.24, 2.45) is 0 Å². The van der Waals surface area contributed by atoms with Crippen molar-refractivity contribution in [1.82, 2.24) is 9.97 Å². The standard InChI is InChI=1S/C21H13BrClNO4.C13H8BrNO2.C9H8BrClO2.3CH4/c22-13-8-9-17(27-19(21(25)26)12-4-3-5-14(23)10-12)15(11-13)20-24-16-6-1-2-7-18(16)28-20;14-8-5-6-11(16)9(7-8)13-15-10-3-1-2-4-12(10)17-13;1-13-9(12)8(10)6-3-2-4-7(11)5-6;;;/h1-11,19H,(H,25,26);1-7,16H;2-5,8H,1H3;3*1H4. The smallest absolute Gasteiger partial charge is 0.349 e. The van der Waals surface area contributed by atoms with Crippen LogP contribution in [-0.4, -0.2) is 39.2 Å². The van der Waals surface area contributed by atoms with Crippen LogP contribution in [0.5, 0.6) is 11.5 Å². The second-order valence-electron chi connectivity index (χ2n) is 12.1. The minimum absolute atomic E-state index is 0. The molecule has 8 aromatic rings. The first-order valence-corrected chi connectivity index (χ1v) is 20.3. The van der Waals surface area contributed by atoms with Gasteiger partial charge in [-0.25, -0.2) is 14.8 Å². The molecule has 2 N–H and O–H groups in total. The molecule has 6 aromatic carbocycles. The molecule has 0 aliphatic carbocycles. The summed E-state index contributed by atoms with van der Waals surface area (Å²) in [6, 6.07) is 38.9. The first-order valence-electron chi connectivity index (χ1n) is 17.0. The first-order chi connectivity index (χ1) is 27.9. The van der Waals surface area contributed by atoms with E-state index in [0.717, 1.165) is 20.0 Å². The van der Waals surface area contributed by atoms with Gasteiger partial charge in [0, 0.05) is 24.6 Å². The zero-order valence-corrected chi connectivity index (χ0v) is 36.3. The van der Waals surface area contributed by atoms with E-state index in [9.17, 15) is 19.8 Å². The van der Waals surface area contributed by atoms with Crippen LogP contribution in [0.15, 0.2) is 151 Å². The van der Waals surface area contributed by atoms with Crippen LogP contribution in [0.25, 0.3) is 45.1 Å². The predicted molar refractivity (Wildman–Crippen MR) is 254 cm³/mol. The van der Waals surface area contributed by atoms with Crippen LogP contribution in [0.2, 0.25) is 10.0 Å². The van der Waals surface area contributed by atoms with E-state index < -0.39 is 16.9 Å². The van der Waals surface area contributed by atoms with Crippen LogP contribution >= 0.6 is 71.0 Å². The van der Waals surface area contributed by atoms with Gasteiger partial charge in [0.15, 0.2) is 11.2 Å². The summed E-state index contributed by atoms with van der Waals surface area (Å²) in [7, 11) is 1.35. The van der Waals surface area contributed by atoms with Gasteiger partial charge in [-0.05, 0) is 90.5 Å². The predicted octanol–water partition coefficient (Wildman–Crippen LogP) is 14.9. The molecule has 15 heteroatoms. The van der Waals surface area contributed by atoms with Crippen molar-refractivity contribution in [2.75, 3.05) is 7.11 Å². The molecule has 0 bridgehead atoms. The van der Waals surface area contributed by atoms with Gasteiger partial charge in [0.2, 0.25) is 17.9 Å². The van der Waals surface area contributed by atoms with Gasteiger partial charge in [0.25, 0.3) is 0 Å². The Morgan fingerprint density at radius 3 is 1.67 bits per heavy atom. The number of rotatable bonds is 8. The Hall–Kier alpha value is -5.18. The molecule has 0 amide bonds. The fourth-order valence-electron chi connectivity index (χ4n) is 5.39. The lowest BCUT2D eigenvalue weighted by molar-refractivity contribution is -0.145. The van der Waals surface area contributed by atoms with E-state index in [1.54, 1.807) is 78.9 Å². The number of ether oxygens (including phenoxy) is 2. The summed E-state index contributed by atoms with van der Waals surface area (Å²) >= 11 is 21.8. The SMILES string of the molecule is C.C.C.COC(=O)C(Br)c1cccc(Cl)c1.O=C(O)C(Oc1ccc(Br)cc1-c1nc2ccccc2o1)c1cccc(Cl)c1.Oc1ccc(Br)cc1-c1nc2ccccc2o1. The topological polar surface area (TPSA) is 145 Å². The lowest BCUT2D eigenvalue weighted by Crippen LogP contribution is -2.18. The van der Waals surface area contributed by atoms with Crippen LogP contribution in [0.3, 0.4) is 0 Å². The zero-order chi connectivity index (χ0) is 41.3. The second kappa shape index (κ2) is 23.2. The quantitative estimate of drug-likeness (QED) is 0.111. The third kappa shape index (κ3) is 12.9. The van der Waals surface area contributed by atoms with Gasteiger partial charge in [0.05, 0.1) is 18.2 Å². The number of oxazole rings is 2. The molecule has 2 heterocycles. The maximum atomic E-state index is 11.9. The highest BCUT2D eigenvalue weighted by atomic mass is 79.9. The molecule has 61 heavy (non-hydrogen) atoms. The summed E-state index contributed by atoms with van der Waals surface area (Å²) in [6.45, 7) is 0. The van der Waals surface area contributed by atoms with Crippen molar-refractivity contribution >= 4 is 105 Å². The summed E-state index contributed by atoms with van der Waals surface area (Å²) in [5.74, 6) is -0.212. The van der Waals surface area contributed by atoms with Gasteiger partial charge in [-0.15, -0.1) is 0 Å². The van der Waals surface area contributed by atoms with E-state index >= 15 is 0 Å². The number of carboxylic acids is 1. The first kappa shape index (κ1) is 50.2. The lowest BCUT2D eigenvalue weighted by Gasteiger charge is -2.17. The Kier molecular flexibility index (Phi) is 19.0. The number of phenolic OH excluding ortho intramolecular Hbond substituents is 1. The van der Waals surface area contributed by atoms with E-state index in [-0.39, 0.29) is 34.0 Å². The van der Waals surface area contributed by atoms with Crippen molar-refractivity contribution in [2.45, 2.75) is 33.2 Å². The number of carbonyl (C=O) groups is 2. The second-order valence-corrected chi connectivity index (χ2v) is 15.7. The number of hydrogen-bond donors (Lipinski definition) is 2. The molecular weight excluding hydrogens is 1020 g/mol. The Morgan fingerprint density at radius 2 is 1.15 bits per heavy atom. The van der Waals surface area contributed by atoms with E-state index in [0.29, 0.717) is 60.9 Å². The number of carbonyl (C=O) groups excluding carboxylic acids is 1. The van der Waals surface area contributed by atoms with E-state index in [1.165, 1.54) is 7.11 Å². The van der Waals surface area contributed by atoms with E-state index in [1.807, 2.05) is 54.6 Å². The summed E-state index contributed by atoms with van der Waals surface area (Å²) < 4.78 is 23.5. The Bertz CT molecular complexity index is 2660. The lowest BCUT2D eigenvalue weighted by atomic mass is 10.1. The number of phenols is 1. The maximum absolute atomic E-state index is 11.9. The number of nitrogens with zero attached hydrogens (tertiary/aromatic N) is 2. The Balaban J connectivity index is 0.000000259. The van der Waals surface area contributed by atoms with Crippen molar-refractivity contribution in [3.8, 4) is 34.4 Å². The van der Waals surface area contributed by atoms with Gasteiger partial charge < -0.3 is 28.5 Å². The van der Waals surface area contributed by atoms with Crippen LogP contribution in [-0.2, 0) is 14.3 Å². The maximum Gasteiger partial charge on any atom is 0.349 e. The number of alkyl halides is 1. The van der Waals surface area contributed by atoms with Gasteiger partial charge in [-0.1, -0.05) is 142 Å². The molecule has 0 saturated heterocycles. The van der Waals surface area contributed by atoms with E-state index in [4.69, 9.17) is 36.8 Å². The van der Waals surface area contributed by atoms with Gasteiger partial charge in [-0.2, -0.15) is 0 Å². The summed E-state index contributed by atoms with van der Waals surface area (Å²) in [4.78, 5) is 31.3. The highest BCUT2D eigenvalue weighted by Gasteiger charge is 2.25. The van der Waals surface area contributed by atoms with Crippen LogP contribution in [0, 0.1) is 0 Å². The highest BCUT2D eigenvalue weighted by molar-refractivity contribution is 9.10. The number of aromatic nitrogens is 2. The number of benzene rings is 6. The van der Waals surface area contributed by atoms with Gasteiger partial charge in [0.1, 0.15) is 27.4 Å². The van der Waals surface area contributed by atoms with Crippen molar-refractivity contribution in [3.63, 3.8) is 0 Å². The van der Waals surface area contributed by atoms with E-state index in [2.05, 4.69) is 62.5 Å². The summed E-state index contributed by atoms with van der Waals surface area (Å²) in [6.07, 6.45) is -1.23. The molecule has 0 radical (unpaired) electrons. The molecule has 2 aromatic heterocycles. The molecular formula is C46H41Br3Cl2N2O8. The number of aliphatic carboxylic acids is 1. The van der Waals surface area contributed by atoms with Crippen molar-refractivity contribution in [1.29, 1.82) is 0 Å². The van der Waals surface area contributed by atoms with Crippen molar-refractivity contribution < 1.29 is 38.1 Å². The molecule has 0 saturated carbocycles. The average Bonchev–Trinajstić information content (AvgIpc) is 3.86. The van der Waals surface area contributed by atoms with Gasteiger partial charge >= 0.3 is 11.9 Å². The largest absolute Gasteiger partial charge is 0.507 e. The number of hydrogen-bond acceptors (Lipinski definition) is 9. The number of fused-ring (bicyclic) bond motifs is 2. The molecule has 0 fully saturated rings. The molecule has 8 rings (SSSR count). The normalized spacial score (nSPS) is 11.2. The third-order valence-corrected chi connectivity index (χ3v) is 10.5. The van der Waals surface area contributed by atoms with Gasteiger partial charge in [-0.3, -0.25) is 4.79 Å². The fourth-order valence-corrected chi connectivity index (χ4v) is 6.98. The molecule has 0 spiro atoms. The monoisotopic (exact) mass is 1060 g/mol. The summed E-state index contributed by atoms with van der Waals surface area (Å²) in [5.41, 5.74) is 5.17. The minimum atomic E-state index is -1.23. The van der Waals surface area contributed by atoms with Crippen LogP contribution in [0.4, 0.5) is 0 Å². The van der Waals surface area contributed by atoms with Crippen LogP contribution in [0.1, 0.15) is 44.3 Å². The van der Waals surface area contributed by atoms with Crippen LogP contribution < -0.4 is 4.74 Å². The number of aromatic hydroxyl groups is 1. The Morgan fingerprint density at radius 1 is 0.656 bits per heavy atom.